The lowest BCUT2D eigenvalue weighted by Gasteiger charge is -2.42. The van der Waals surface area contributed by atoms with E-state index in [4.69, 9.17) is 21.2 Å². The van der Waals surface area contributed by atoms with E-state index in [1.807, 2.05) is 0 Å². The Morgan fingerprint density at radius 1 is 1.14 bits per heavy atom. The molecular formula is C16H25ClFNO2Si. The number of benzene rings is 1. The van der Waals surface area contributed by atoms with Gasteiger partial charge in [-0.25, -0.2) is 4.39 Å². The van der Waals surface area contributed by atoms with E-state index in [1.165, 1.54) is 18.3 Å². The Hall–Kier alpha value is -1.07. The Bertz CT molecular complexity index is 525. The molecule has 0 aliphatic rings. The summed E-state index contributed by atoms with van der Waals surface area (Å²) >= 11 is 5.95. The smallest absolute Gasteiger partial charge is 0.258 e. The van der Waals surface area contributed by atoms with E-state index in [-0.39, 0.29) is 10.8 Å². The molecule has 0 heterocycles. The van der Waals surface area contributed by atoms with Gasteiger partial charge in [-0.2, -0.15) is 0 Å². The molecule has 0 unspecified atom stereocenters. The first-order chi connectivity index (χ1) is 10.2. The lowest BCUT2D eigenvalue weighted by atomic mass is 10.2. The van der Waals surface area contributed by atoms with Crippen molar-refractivity contribution in [1.82, 2.24) is 0 Å². The van der Waals surface area contributed by atoms with Gasteiger partial charge in [0.05, 0.1) is 11.2 Å². The van der Waals surface area contributed by atoms with Crippen LogP contribution in [0.3, 0.4) is 0 Å². The van der Waals surface area contributed by atoms with Crippen LogP contribution in [0.25, 0.3) is 0 Å². The van der Waals surface area contributed by atoms with Gasteiger partial charge in [0.1, 0.15) is 5.75 Å². The minimum atomic E-state index is -2.25. The van der Waals surface area contributed by atoms with Gasteiger partial charge in [-0.05, 0) is 28.8 Å². The van der Waals surface area contributed by atoms with Crippen LogP contribution in [-0.2, 0) is 0 Å². The van der Waals surface area contributed by atoms with Crippen molar-refractivity contribution in [2.24, 2.45) is 5.16 Å². The summed E-state index contributed by atoms with van der Waals surface area (Å²) in [5, 5.41) is 11.8. The molecule has 0 radical (unpaired) electrons. The van der Waals surface area contributed by atoms with E-state index >= 15 is 0 Å². The highest BCUT2D eigenvalue weighted by atomic mass is 35.5. The molecule has 1 N–H and O–H groups in total. The van der Waals surface area contributed by atoms with E-state index in [1.54, 1.807) is 0 Å². The van der Waals surface area contributed by atoms with E-state index < -0.39 is 14.1 Å². The molecule has 0 fully saturated rings. The Kier molecular flexibility index (Phi) is 6.44. The summed E-state index contributed by atoms with van der Waals surface area (Å²) < 4.78 is 20.6. The van der Waals surface area contributed by atoms with Gasteiger partial charge in [0.25, 0.3) is 8.32 Å². The second kappa shape index (κ2) is 7.46. The van der Waals surface area contributed by atoms with Gasteiger partial charge in [0.2, 0.25) is 0 Å². The molecule has 0 atom stereocenters. The number of hydrogen-bond acceptors (Lipinski definition) is 3. The quantitative estimate of drug-likeness (QED) is 0.304. The van der Waals surface area contributed by atoms with Crippen molar-refractivity contribution in [2.75, 3.05) is 0 Å². The lowest BCUT2D eigenvalue weighted by Crippen LogP contribution is -2.50. The third-order valence-electron chi connectivity index (χ3n) is 4.24. The highest BCUT2D eigenvalue weighted by Gasteiger charge is 2.47. The van der Waals surface area contributed by atoms with Crippen molar-refractivity contribution >= 4 is 26.1 Å². The Balaban J connectivity index is 3.38. The van der Waals surface area contributed by atoms with Crippen molar-refractivity contribution in [3.05, 3.63) is 28.5 Å². The van der Waals surface area contributed by atoms with Crippen LogP contribution in [0.1, 0.15) is 47.1 Å². The Labute approximate surface area is 138 Å². The summed E-state index contributed by atoms with van der Waals surface area (Å²) in [6.45, 7) is 12.8. The van der Waals surface area contributed by atoms with Gasteiger partial charge in [-0.3, -0.25) is 0 Å². The normalized spacial score (nSPS) is 12.9. The minimum absolute atomic E-state index is 0.182. The van der Waals surface area contributed by atoms with E-state index in [0.717, 1.165) is 0 Å². The zero-order chi connectivity index (χ0) is 17.1. The maximum atomic E-state index is 14.3. The molecule has 22 heavy (non-hydrogen) atoms. The van der Waals surface area contributed by atoms with Crippen LogP contribution in [0.15, 0.2) is 17.3 Å². The largest absolute Gasteiger partial charge is 0.541 e. The number of oxime groups is 1. The van der Waals surface area contributed by atoms with Gasteiger partial charge < -0.3 is 9.63 Å². The first-order valence-electron chi connectivity index (χ1n) is 7.52. The van der Waals surface area contributed by atoms with Crippen molar-refractivity contribution in [1.29, 1.82) is 0 Å². The highest BCUT2D eigenvalue weighted by Crippen LogP contribution is 2.43. The molecule has 0 amide bonds. The van der Waals surface area contributed by atoms with Crippen LogP contribution in [-0.4, -0.2) is 19.7 Å². The van der Waals surface area contributed by atoms with Crippen molar-refractivity contribution < 1.29 is 14.0 Å². The predicted octanol–water partition coefficient (Wildman–Crippen LogP) is 5.84. The SMILES string of the molecule is CC(C)[Si](Oc1cc(C=NO)c(Cl)cc1F)(C(C)C)C(C)C. The summed E-state index contributed by atoms with van der Waals surface area (Å²) in [5.41, 5.74) is 1.42. The van der Waals surface area contributed by atoms with Gasteiger partial charge >= 0.3 is 0 Å². The molecule has 0 saturated carbocycles. The highest BCUT2D eigenvalue weighted by molar-refractivity contribution is 6.78. The molecule has 1 aromatic carbocycles. The molecule has 0 aliphatic carbocycles. The molecule has 6 heteroatoms. The molecule has 0 saturated heterocycles. The van der Waals surface area contributed by atoms with Crippen LogP contribution >= 0.6 is 11.6 Å². The second-order valence-electron chi connectivity index (χ2n) is 6.47. The minimum Gasteiger partial charge on any atom is -0.541 e. The Morgan fingerprint density at radius 3 is 2.05 bits per heavy atom. The molecular weight excluding hydrogens is 321 g/mol. The maximum absolute atomic E-state index is 14.3. The molecule has 0 aromatic heterocycles. The van der Waals surface area contributed by atoms with Gasteiger partial charge in [-0.15, -0.1) is 0 Å². The summed E-state index contributed by atoms with van der Waals surface area (Å²) in [4.78, 5) is 0. The van der Waals surface area contributed by atoms with E-state index in [2.05, 4.69) is 46.7 Å². The third kappa shape index (κ3) is 3.63. The molecule has 0 bridgehead atoms. The number of nitrogens with zero attached hydrogens (tertiary/aromatic N) is 1. The number of hydrogen-bond donors (Lipinski definition) is 1. The average molecular weight is 346 g/mol. The zero-order valence-corrected chi connectivity index (χ0v) is 15.8. The van der Waals surface area contributed by atoms with Gasteiger partial charge in [-0.1, -0.05) is 58.3 Å². The van der Waals surface area contributed by atoms with Crippen molar-refractivity contribution in [3.8, 4) is 5.75 Å². The van der Waals surface area contributed by atoms with Crippen LogP contribution in [0.5, 0.6) is 5.75 Å². The molecule has 124 valence electrons. The van der Waals surface area contributed by atoms with E-state index in [9.17, 15) is 4.39 Å². The van der Waals surface area contributed by atoms with E-state index in [0.29, 0.717) is 22.2 Å². The number of rotatable bonds is 6. The topological polar surface area (TPSA) is 41.8 Å². The summed E-state index contributed by atoms with van der Waals surface area (Å²) in [6.07, 6.45) is 1.18. The monoisotopic (exact) mass is 345 g/mol. The van der Waals surface area contributed by atoms with Crippen LogP contribution in [0.4, 0.5) is 4.39 Å². The lowest BCUT2D eigenvalue weighted by molar-refractivity contribution is 0.322. The second-order valence-corrected chi connectivity index (χ2v) is 12.3. The fraction of sp³-hybridized carbons (Fsp3) is 0.562. The predicted molar refractivity (Wildman–Crippen MR) is 92.5 cm³/mol. The third-order valence-corrected chi connectivity index (χ3v) is 10.6. The van der Waals surface area contributed by atoms with Gasteiger partial charge in [0.15, 0.2) is 5.82 Å². The van der Waals surface area contributed by atoms with Crippen molar-refractivity contribution in [3.63, 3.8) is 0 Å². The molecule has 0 aliphatic heterocycles. The summed E-state index contributed by atoms with van der Waals surface area (Å²) in [5.74, 6) is -0.305. The molecule has 1 aromatic rings. The summed E-state index contributed by atoms with van der Waals surface area (Å²) in [6, 6.07) is 2.71. The fourth-order valence-corrected chi connectivity index (χ4v) is 8.77. The van der Waals surface area contributed by atoms with Crippen LogP contribution in [0, 0.1) is 5.82 Å². The van der Waals surface area contributed by atoms with Gasteiger partial charge in [0, 0.05) is 5.56 Å². The van der Waals surface area contributed by atoms with Crippen molar-refractivity contribution in [2.45, 2.75) is 58.2 Å². The Morgan fingerprint density at radius 2 is 1.64 bits per heavy atom. The standard InChI is InChI=1S/C16H25ClFNO2Si/c1-10(2)22(11(3)4,12(5)6)21-16-7-13(9-19-20)14(17)8-15(16)18/h7-12,20H,1-6H3. The summed E-state index contributed by atoms with van der Waals surface area (Å²) in [7, 11) is -2.25. The molecule has 3 nitrogen and oxygen atoms in total. The molecule has 0 spiro atoms. The fourth-order valence-electron chi connectivity index (χ4n) is 3.33. The van der Waals surface area contributed by atoms with Crippen LogP contribution < -0.4 is 4.43 Å². The maximum Gasteiger partial charge on any atom is 0.258 e. The molecule has 1 rings (SSSR count). The average Bonchev–Trinajstić information content (AvgIpc) is 2.39. The first kappa shape index (κ1) is 19.0. The first-order valence-corrected chi connectivity index (χ1v) is 10.0. The van der Waals surface area contributed by atoms with Crippen LogP contribution in [0.2, 0.25) is 21.6 Å². The zero-order valence-electron chi connectivity index (χ0n) is 14.0. The number of halogens is 2.